The van der Waals surface area contributed by atoms with Crippen LogP contribution in [0.4, 0.5) is 8.78 Å². The molecule has 1 aliphatic carbocycles. The first-order chi connectivity index (χ1) is 10.8. The summed E-state index contributed by atoms with van der Waals surface area (Å²) in [5.74, 6) is -2.90. The monoisotopic (exact) mass is 343 g/mol. The van der Waals surface area contributed by atoms with Crippen molar-refractivity contribution in [2.45, 2.75) is 31.7 Å². The maximum atomic E-state index is 13.2. The molecule has 0 bridgehead atoms. The predicted molar refractivity (Wildman–Crippen MR) is 83.6 cm³/mol. The third kappa shape index (κ3) is 3.69. The van der Waals surface area contributed by atoms with Gasteiger partial charge in [-0.3, -0.25) is 0 Å². The van der Waals surface area contributed by atoms with Gasteiger partial charge in [-0.25, -0.2) is 22.2 Å². The molecule has 0 spiro atoms. The maximum Gasteiger partial charge on any atom is 0.248 e. The summed E-state index contributed by atoms with van der Waals surface area (Å²) in [5.41, 5.74) is 1.60. The standard InChI is InChI=1S/C15H19F2N3O2S/c1-20(9-14-18-12-4-2-3-5-13(12)19-14)23(21,22)10-11-6-7-15(16,17)8-11/h2-5,11H,6-10H2,1H3,(H,18,19). The molecule has 1 aromatic carbocycles. The molecule has 0 radical (unpaired) electrons. The number of aromatic nitrogens is 2. The molecule has 1 aliphatic rings. The number of nitrogens with one attached hydrogen (secondary N) is 1. The summed E-state index contributed by atoms with van der Waals surface area (Å²) in [7, 11) is -2.14. The molecule has 0 aliphatic heterocycles. The van der Waals surface area contributed by atoms with Gasteiger partial charge in [-0.1, -0.05) is 12.1 Å². The van der Waals surface area contributed by atoms with Gasteiger partial charge in [0.2, 0.25) is 15.9 Å². The lowest BCUT2D eigenvalue weighted by Gasteiger charge is -2.18. The van der Waals surface area contributed by atoms with Gasteiger partial charge in [0.15, 0.2) is 0 Å². The normalized spacial score (nSPS) is 21.3. The molecular formula is C15H19F2N3O2S. The molecule has 2 aromatic rings. The van der Waals surface area contributed by atoms with Gasteiger partial charge in [0.05, 0.1) is 23.3 Å². The van der Waals surface area contributed by atoms with E-state index in [0.29, 0.717) is 5.82 Å². The number of benzene rings is 1. The SMILES string of the molecule is CN(Cc1nc2ccccc2[nH]1)S(=O)(=O)CC1CCC(F)(F)C1. The van der Waals surface area contributed by atoms with Crippen molar-refractivity contribution in [3.63, 3.8) is 0 Å². The van der Waals surface area contributed by atoms with Crippen molar-refractivity contribution >= 4 is 21.1 Å². The number of para-hydroxylation sites is 2. The van der Waals surface area contributed by atoms with Crippen LogP contribution in [0.3, 0.4) is 0 Å². The Morgan fingerprint density at radius 3 is 2.78 bits per heavy atom. The summed E-state index contributed by atoms with van der Waals surface area (Å²) in [6.07, 6.45) is -0.310. The van der Waals surface area contributed by atoms with E-state index in [9.17, 15) is 17.2 Å². The number of alkyl halides is 2. The summed E-state index contributed by atoms with van der Waals surface area (Å²) in [6, 6.07) is 7.42. The highest BCUT2D eigenvalue weighted by Gasteiger charge is 2.41. The molecule has 5 nitrogen and oxygen atoms in total. The average Bonchev–Trinajstić information content (AvgIpc) is 3.00. The number of imidazole rings is 1. The molecule has 8 heteroatoms. The lowest BCUT2D eigenvalue weighted by Crippen LogP contribution is -2.32. The Morgan fingerprint density at radius 2 is 2.13 bits per heavy atom. The van der Waals surface area contributed by atoms with Gasteiger partial charge in [-0.2, -0.15) is 4.31 Å². The van der Waals surface area contributed by atoms with Crippen LogP contribution in [0, 0.1) is 5.92 Å². The van der Waals surface area contributed by atoms with E-state index < -0.39 is 21.9 Å². The van der Waals surface area contributed by atoms with Gasteiger partial charge in [0.25, 0.3) is 0 Å². The van der Waals surface area contributed by atoms with Gasteiger partial charge in [0, 0.05) is 19.9 Å². The second-order valence-electron chi connectivity index (χ2n) is 6.20. The number of aromatic amines is 1. The minimum atomic E-state index is -3.59. The highest BCUT2D eigenvalue weighted by atomic mass is 32.2. The lowest BCUT2D eigenvalue weighted by molar-refractivity contribution is 0.00589. The molecule has 0 amide bonds. The third-order valence-electron chi connectivity index (χ3n) is 4.24. The molecule has 1 N–H and O–H groups in total. The van der Waals surface area contributed by atoms with Crippen LogP contribution in [0.15, 0.2) is 24.3 Å². The Labute approximate surface area is 133 Å². The van der Waals surface area contributed by atoms with E-state index in [1.54, 1.807) is 0 Å². The van der Waals surface area contributed by atoms with E-state index in [2.05, 4.69) is 9.97 Å². The highest BCUT2D eigenvalue weighted by Crippen LogP contribution is 2.39. The van der Waals surface area contributed by atoms with Crippen LogP contribution in [0.5, 0.6) is 0 Å². The zero-order valence-corrected chi connectivity index (χ0v) is 13.6. The molecule has 1 heterocycles. The van der Waals surface area contributed by atoms with Crippen LogP contribution in [-0.2, 0) is 16.6 Å². The zero-order chi connectivity index (χ0) is 16.7. The van der Waals surface area contributed by atoms with Gasteiger partial charge in [0.1, 0.15) is 5.82 Å². The smallest absolute Gasteiger partial charge is 0.248 e. The number of halogens is 2. The fourth-order valence-electron chi connectivity index (χ4n) is 3.00. The van der Waals surface area contributed by atoms with Crippen molar-refractivity contribution in [1.82, 2.24) is 14.3 Å². The summed E-state index contributed by atoms with van der Waals surface area (Å²) in [4.78, 5) is 7.41. The fraction of sp³-hybridized carbons (Fsp3) is 0.533. The quantitative estimate of drug-likeness (QED) is 0.908. The third-order valence-corrected chi connectivity index (χ3v) is 6.21. The minimum Gasteiger partial charge on any atom is -0.341 e. The van der Waals surface area contributed by atoms with Crippen LogP contribution in [0.1, 0.15) is 25.1 Å². The Hall–Kier alpha value is -1.54. The first-order valence-electron chi connectivity index (χ1n) is 7.51. The Morgan fingerprint density at radius 1 is 1.39 bits per heavy atom. The van der Waals surface area contributed by atoms with Crippen molar-refractivity contribution in [3.8, 4) is 0 Å². The summed E-state index contributed by atoms with van der Waals surface area (Å²) >= 11 is 0. The molecule has 0 saturated heterocycles. The Bertz CT molecular complexity index is 771. The fourth-order valence-corrected chi connectivity index (χ4v) is 4.45. The highest BCUT2D eigenvalue weighted by molar-refractivity contribution is 7.89. The zero-order valence-electron chi connectivity index (χ0n) is 12.8. The number of nitrogens with zero attached hydrogens (tertiary/aromatic N) is 2. The first kappa shape index (κ1) is 16.3. The van der Waals surface area contributed by atoms with E-state index in [4.69, 9.17) is 0 Å². The van der Waals surface area contributed by atoms with Gasteiger partial charge < -0.3 is 4.98 Å². The summed E-state index contributed by atoms with van der Waals surface area (Å²) < 4.78 is 52.3. The van der Waals surface area contributed by atoms with E-state index in [1.807, 2.05) is 24.3 Å². The second kappa shape index (κ2) is 5.83. The van der Waals surface area contributed by atoms with E-state index in [-0.39, 0.29) is 31.6 Å². The van der Waals surface area contributed by atoms with Crippen molar-refractivity contribution in [2.75, 3.05) is 12.8 Å². The molecule has 1 fully saturated rings. The molecule has 3 rings (SSSR count). The second-order valence-corrected chi connectivity index (χ2v) is 8.32. The molecule has 1 atom stereocenters. The van der Waals surface area contributed by atoms with Crippen LogP contribution in [0.2, 0.25) is 0 Å². The lowest BCUT2D eigenvalue weighted by atomic mass is 10.1. The number of rotatable bonds is 5. The van der Waals surface area contributed by atoms with Crippen LogP contribution >= 0.6 is 0 Å². The van der Waals surface area contributed by atoms with Crippen molar-refractivity contribution in [1.29, 1.82) is 0 Å². The number of sulfonamides is 1. The average molecular weight is 343 g/mol. The predicted octanol–water partition coefficient (Wildman–Crippen LogP) is 2.76. The van der Waals surface area contributed by atoms with E-state index in [1.165, 1.54) is 11.4 Å². The topological polar surface area (TPSA) is 66.1 Å². The number of hydrogen-bond donors (Lipinski definition) is 1. The number of hydrogen-bond acceptors (Lipinski definition) is 3. The maximum absolute atomic E-state index is 13.2. The van der Waals surface area contributed by atoms with Crippen LogP contribution in [0.25, 0.3) is 11.0 Å². The molecule has 1 unspecified atom stereocenters. The minimum absolute atomic E-state index is 0.0973. The molecule has 1 aromatic heterocycles. The largest absolute Gasteiger partial charge is 0.341 e. The Kier molecular flexibility index (Phi) is 4.14. The van der Waals surface area contributed by atoms with E-state index >= 15 is 0 Å². The van der Waals surface area contributed by atoms with E-state index in [0.717, 1.165) is 11.0 Å². The molecule has 1 saturated carbocycles. The van der Waals surface area contributed by atoms with Crippen LogP contribution < -0.4 is 0 Å². The summed E-state index contributed by atoms with van der Waals surface area (Å²) in [6.45, 7) is 0.0973. The van der Waals surface area contributed by atoms with Gasteiger partial charge in [-0.15, -0.1) is 0 Å². The summed E-state index contributed by atoms with van der Waals surface area (Å²) in [5, 5.41) is 0. The number of H-pyrrole nitrogens is 1. The Balaban J connectivity index is 1.67. The molecular weight excluding hydrogens is 324 g/mol. The molecule has 23 heavy (non-hydrogen) atoms. The molecule has 126 valence electrons. The number of fused-ring (bicyclic) bond motifs is 1. The van der Waals surface area contributed by atoms with Crippen molar-refractivity contribution in [3.05, 3.63) is 30.1 Å². The van der Waals surface area contributed by atoms with Crippen molar-refractivity contribution < 1.29 is 17.2 Å². The van der Waals surface area contributed by atoms with Crippen LogP contribution in [-0.4, -0.2) is 41.4 Å². The first-order valence-corrected chi connectivity index (χ1v) is 9.12. The van der Waals surface area contributed by atoms with Gasteiger partial charge in [-0.05, 0) is 24.5 Å². The van der Waals surface area contributed by atoms with Crippen molar-refractivity contribution in [2.24, 2.45) is 5.92 Å². The van der Waals surface area contributed by atoms with Gasteiger partial charge >= 0.3 is 0 Å².